The van der Waals surface area contributed by atoms with E-state index in [1.165, 1.54) is 6.92 Å². The van der Waals surface area contributed by atoms with Crippen LogP contribution in [0.4, 0.5) is 0 Å². The first-order chi connectivity index (χ1) is 19.4. The fourth-order valence-electron chi connectivity index (χ4n) is 1.31. The number of pyridine rings is 2. The molecular weight excluding hydrogens is 609 g/mol. The van der Waals surface area contributed by atoms with E-state index in [2.05, 4.69) is 15.3 Å². The highest BCUT2D eigenvalue weighted by molar-refractivity contribution is 8.77. The number of aliphatic carboxylic acids is 3. The molecule has 0 aliphatic rings. The molecule has 0 fully saturated rings. The Morgan fingerprint density at radius 1 is 0.780 bits per heavy atom. The Morgan fingerprint density at radius 2 is 1.12 bits per heavy atom. The van der Waals surface area contributed by atoms with Crippen LogP contribution in [0, 0.1) is 0 Å². The van der Waals surface area contributed by atoms with Crippen LogP contribution in [0.5, 0.6) is 0 Å². The van der Waals surface area contributed by atoms with E-state index in [1.54, 1.807) is 55.6 Å². The number of amides is 1. The molecule has 2 aromatic heterocycles. The van der Waals surface area contributed by atoms with E-state index in [0.717, 1.165) is 48.9 Å². The number of hydrogen-bond acceptors (Lipinski definition) is 12. The smallest absolute Gasteiger partial charge is 0.300 e. The molecule has 0 bridgehead atoms. The summed E-state index contributed by atoms with van der Waals surface area (Å²) in [6.45, 7) is 14.1. The van der Waals surface area contributed by atoms with Gasteiger partial charge in [-0.15, -0.1) is 0 Å². The Balaban J connectivity index is -0.000000142. The number of nitrogens with zero attached hydrogens (tertiary/aromatic N) is 2. The molecule has 0 radical (unpaired) electrons. The molecule has 2 aromatic rings. The van der Waals surface area contributed by atoms with Gasteiger partial charge in [0, 0.05) is 63.7 Å². The third-order valence-electron chi connectivity index (χ3n) is 2.32. The molecule has 15 heteroatoms. The van der Waals surface area contributed by atoms with Gasteiger partial charge in [-0.25, -0.2) is 9.97 Å². The summed E-state index contributed by atoms with van der Waals surface area (Å²) in [4.78, 5) is 45.7. The number of carbonyl (C=O) groups is 4. The summed E-state index contributed by atoms with van der Waals surface area (Å²) in [5, 5.41) is 28.5. The Kier molecular flexibility index (Phi) is 49.5. The molecule has 0 saturated carbocycles. The van der Waals surface area contributed by atoms with E-state index in [-0.39, 0.29) is 5.91 Å². The van der Waals surface area contributed by atoms with E-state index in [4.69, 9.17) is 35.4 Å². The van der Waals surface area contributed by atoms with Crippen LogP contribution in [-0.4, -0.2) is 68.6 Å². The van der Waals surface area contributed by atoms with E-state index in [9.17, 15) is 4.79 Å². The second kappa shape index (κ2) is 42.0. The van der Waals surface area contributed by atoms with E-state index in [1.807, 2.05) is 64.1 Å². The molecule has 1 amide bonds. The first kappa shape index (κ1) is 48.3. The maximum atomic E-state index is 10.5. The first-order valence-electron chi connectivity index (χ1n) is 12.3. The molecule has 5 N–H and O–H groups in total. The van der Waals surface area contributed by atoms with Gasteiger partial charge in [-0.1, -0.05) is 61.4 Å². The third-order valence-corrected chi connectivity index (χ3v) is 6.89. The van der Waals surface area contributed by atoms with Crippen LogP contribution in [0.3, 0.4) is 0 Å². The summed E-state index contributed by atoms with van der Waals surface area (Å²) < 4.78 is 0. The van der Waals surface area contributed by atoms with Crippen molar-refractivity contribution in [2.45, 2.75) is 65.4 Å². The summed E-state index contributed by atoms with van der Waals surface area (Å²) in [5.74, 6) is -0.865. The van der Waals surface area contributed by atoms with Gasteiger partial charge in [0.05, 0.1) is 0 Å². The molecule has 2 rings (SSSR count). The summed E-state index contributed by atoms with van der Waals surface area (Å²) in [6, 6.07) is 11.7. The standard InChI is InChI=1S/C9H12N2OS2.C7H10N2S2.3C2H4O2.2C2H6/c1-8(12)10-6-7-13-14-9-4-2-3-5-11-9;8-4-6-10-11-7-3-1-2-5-9-7;3*1-2(3)4;2*1-2/h2-5H,6-7H2,1H3,(H,10,12);1-3,5H,4,6,8H2;3*1H3,(H,3,4);2*1-2H3/p-1. The largest absolute Gasteiger partial charge is 0.550 e. The highest BCUT2D eigenvalue weighted by Crippen LogP contribution is 2.28. The van der Waals surface area contributed by atoms with Crippen LogP contribution in [-0.2, 0) is 19.2 Å². The normalized spacial score (nSPS) is 8.12. The van der Waals surface area contributed by atoms with Crippen molar-refractivity contribution < 1.29 is 34.5 Å². The maximum absolute atomic E-state index is 10.5. The number of hydrogen-bond donors (Lipinski definition) is 4. The molecule has 0 saturated heterocycles. The average Bonchev–Trinajstić information content (AvgIpc) is 2.91. The molecule has 236 valence electrons. The second-order valence-corrected chi connectivity index (χ2v) is 10.8. The van der Waals surface area contributed by atoms with E-state index in [0.29, 0.717) is 6.54 Å². The van der Waals surface area contributed by atoms with Crippen LogP contribution in [0.2, 0.25) is 0 Å². The van der Waals surface area contributed by atoms with Gasteiger partial charge in [0.1, 0.15) is 10.1 Å². The minimum atomic E-state index is -1.08. The lowest BCUT2D eigenvalue weighted by molar-refractivity contribution is -0.302. The Morgan fingerprint density at radius 3 is 1.39 bits per heavy atom. The number of nitrogens with one attached hydrogen (secondary N) is 1. The van der Waals surface area contributed by atoms with Crippen molar-refractivity contribution in [2.24, 2.45) is 5.73 Å². The van der Waals surface area contributed by atoms with Crippen molar-refractivity contribution in [1.29, 1.82) is 0 Å². The molecule has 41 heavy (non-hydrogen) atoms. The van der Waals surface area contributed by atoms with E-state index < -0.39 is 17.9 Å². The molecule has 11 nitrogen and oxygen atoms in total. The zero-order valence-electron chi connectivity index (χ0n) is 25.0. The molecule has 0 atom stereocenters. The zero-order valence-corrected chi connectivity index (χ0v) is 28.3. The van der Waals surface area contributed by atoms with Gasteiger partial charge in [0.2, 0.25) is 5.91 Å². The molecule has 0 aromatic carbocycles. The van der Waals surface area contributed by atoms with Crippen LogP contribution >= 0.6 is 43.2 Å². The fraction of sp³-hybridized carbons (Fsp3) is 0.462. The highest BCUT2D eigenvalue weighted by atomic mass is 33.1. The minimum Gasteiger partial charge on any atom is -0.550 e. The van der Waals surface area contributed by atoms with Gasteiger partial charge in [0.25, 0.3) is 11.9 Å². The van der Waals surface area contributed by atoms with Crippen molar-refractivity contribution >= 4 is 67.0 Å². The molecular formula is C26H45N4O7S4-. The summed E-state index contributed by atoms with van der Waals surface area (Å²) >= 11 is 0. The number of aromatic nitrogens is 2. The Labute approximate surface area is 260 Å². The minimum absolute atomic E-state index is 0.0217. The van der Waals surface area contributed by atoms with Gasteiger partial charge in [-0.3, -0.25) is 14.4 Å². The highest BCUT2D eigenvalue weighted by Gasteiger charge is 1.95. The zero-order chi connectivity index (χ0) is 32.9. The average molecular weight is 654 g/mol. The number of carboxylic acids is 3. The summed E-state index contributed by atoms with van der Waals surface area (Å²) in [7, 11) is 6.72. The van der Waals surface area contributed by atoms with Crippen LogP contribution in [0.15, 0.2) is 58.8 Å². The molecule has 0 aliphatic carbocycles. The lowest BCUT2D eigenvalue weighted by Gasteiger charge is -2.00. The quantitative estimate of drug-likeness (QED) is 0.214. The topological polar surface area (TPSA) is 196 Å². The van der Waals surface area contributed by atoms with Gasteiger partial charge in [0.15, 0.2) is 0 Å². The van der Waals surface area contributed by atoms with Crippen molar-refractivity contribution in [3.8, 4) is 0 Å². The predicted molar refractivity (Wildman–Crippen MR) is 173 cm³/mol. The molecule has 0 unspecified atom stereocenters. The molecule has 0 spiro atoms. The predicted octanol–water partition coefficient (Wildman–Crippen LogP) is 4.73. The van der Waals surface area contributed by atoms with Crippen molar-refractivity contribution in [3.63, 3.8) is 0 Å². The number of nitrogens with two attached hydrogens (primary N) is 1. The van der Waals surface area contributed by atoms with Crippen molar-refractivity contribution in [3.05, 3.63) is 48.8 Å². The third kappa shape index (κ3) is 67.3. The van der Waals surface area contributed by atoms with Crippen molar-refractivity contribution in [2.75, 3.05) is 24.6 Å². The summed E-state index contributed by atoms with van der Waals surface area (Å²) in [5.41, 5.74) is 5.34. The number of carbonyl (C=O) groups excluding carboxylic acids is 2. The van der Waals surface area contributed by atoms with Crippen molar-refractivity contribution in [1.82, 2.24) is 15.3 Å². The SMILES string of the molecule is CC.CC.CC(=O)NCCSSc1ccccn1.CC(=O)O.CC(=O)O.CC(=O)[O-].NCCSSc1ccccn1. The number of rotatable bonds is 9. The lowest BCUT2D eigenvalue weighted by Crippen LogP contribution is -2.22. The van der Waals surface area contributed by atoms with Crippen LogP contribution in [0.25, 0.3) is 0 Å². The van der Waals surface area contributed by atoms with Gasteiger partial charge >= 0.3 is 0 Å². The van der Waals surface area contributed by atoms with Gasteiger partial charge in [-0.2, -0.15) is 0 Å². The first-order valence-corrected chi connectivity index (χ1v) is 17.0. The molecule has 2 heterocycles. The maximum Gasteiger partial charge on any atom is 0.300 e. The van der Waals surface area contributed by atoms with Crippen LogP contribution < -0.4 is 16.2 Å². The summed E-state index contributed by atoms with van der Waals surface area (Å²) in [6.07, 6.45) is 3.57. The number of carboxylic acid groups (broad SMARTS) is 3. The Bertz CT molecular complexity index is 814. The van der Waals surface area contributed by atoms with Gasteiger partial charge in [-0.05, 0) is 52.8 Å². The van der Waals surface area contributed by atoms with E-state index >= 15 is 0 Å². The molecule has 0 aliphatic heterocycles. The van der Waals surface area contributed by atoms with Crippen LogP contribution in [0.1, 0.15) is 55.4 Å². The van der Waals surface area contributed by atoms with Gasteiger partial charge < -0.3 is 31.2 Å². The second-order valence-electron chi connectivity index (χ2n) is 5.95. The Hall–Kier alpha value is -2.46. The fourth-order valence-corrected chi connectivity index (χ4v) is 4.83. The lowest BCUT2D eigenvalue weighted by atomic mass is 10.5. The monoisotopic (exact) mass is 653 g/mol.